The predicted molar refractivity (Wildman–Crippen MR) is 69.0 cm³/mol. The number of aryl methyl sites for hydroxylation is 2. The normalized spacial score (nSPS) is 10.6. The predicted octanol–water partition coefficient (Wildman–Crippen LogP) is 3.67. The maximum absolute atomic E-state index is 3.46. The molecule has 2 heterocycles. The Morgan fingerprint density at radius 3 is 2.40 bits per heavy atom. The van der Waals surface area contributed by atoms with Crippen LogP contribution in [0.4, 0.5) is 0 Å². The highest BCUT2D eigenvalue weighted by Gasteiger charge is 2.01. The van der Waals surface area contributed by atoms with E-state index in [1.165, 1.54) is 20.1 Å². The fraction of sp³-hybridized carbons (Fsp3) is 0.273. The molecule has 0 radical (unpaired) electrons. The van der Waals surface area contributed by atoms with Gasteiger partial charge in [0.1, 0.15) is 0 Å². The lowest BCUT2D eigenvalue weighted by Crippen LogP contribution is -2.16. The largest absolute Gasteiger partial charge is 0.321 e. The van der Waals surface area contributed by atoms with Crippen LogP contribution < -0.4 is 5.43 Å². The van der Waals surface area contributed by atoms with Gasteiger partial charge in [0.2, 0.25) is 0 Å². The molecule has 0 unspecified atom stereocenters. The fourth-order valence-corrected chi connectivity index (χ4v) is 2.94. The molecular formula is C11H13BrN2S. The number of halogens is 1. The fourth-order valence-electron chi connectivity index (χ4n) is 1.52. The maximum atomic E-state index is 3.46. The van der Waals surface area contributed by atoms with E-state index in [1.54, 1.807) is 11.3 Å². The molecule has 0 atom stereocenters. The summed E-state index contributed by atoms with van der Waals surface area (Å²) in [6.45, 7) is 5.07. The van der Waals surface area contributed by atoms with Crippen molar-refractivity contribution >= 4 is 27.3 Å². The Hall–Kier alpha value is -0.740. The smallest absolute Gasteiger partial charge is 0.0702 e. The zero-order valence-corrected chi connectivity index (χ0v) is 11.2. The lowest BCUT2D eigenvalue weighted by Gasteiger charge is -2.11. The summed E-state index contributed by atoms with van der Waals surface area (Å²) in [6.07, 6.45) is 0. The molecule has 0 aliphatic heterocycles. The molecule has 80 valence electrons. The summed E-state index contributed by atoms with van der Waals surface area (Å²) in [6, 6.07) is 8.45. The van der Waals surface area contributed by atoms with Crippen LogP contribution in [0.2, 0.25) is 0 Å². The van der Waals surface area contributed by atoms with E-state index in [-0.39, 0.29) is 0 Å². The number of thiophene rings is 1. The van der Waals surface area contributed by atoms with Crippen molar-refractivity contribution in [3.8, 4) is 0 Å². The first-order valence-corrected chi connectivity index (χ1v) is 6.41. The molecule has 0 saturated heterocycles. The van der Waals surface area contributed by atoms with Crippen molar-refractivity contribution in [1.29, 1.82) is 0 Å². The number of hydrogen-bond donors (Lipinski definition) is 1. The van der Waals surface area contributed by atoms with E-state index in [1.807, 2.05) is 0 Å². The Bertz CT molecular complexity index is 439. The van der Waals surface area contributed by atoms with Gasteiger partial charge >= 0.3 is 0 Å². The average Bonchev–Trinajstić information content (AvgIpc) is 2.73. The highest BCUT2D eigenvalue weighted by molar-refractivity contribution is 9.11. The van der Waals surface area contributed by atoms with Gasteiger partial charge in [-0.15, -0.1) is 11.3 Å². The molecule has 2 rings (SSSR count). The van der Waals surface area contributed by atoms with Gasteiger partial charge in [-0.1, -0.05) is 0 Å². The Morgan fingerprint density at radius 2 is 1.87 bits per heavy atom. The van der Waals surface area contributed by atoms with Crippen LogP contribution in [-0.4, -0.2) is 4.68 Å². The molecule has 0 aromatic carbocycles. The van der Waals surface area contributed by atoms with E-state index in [4.69, 9.17) is 0 Å². The van der Waals surface area contributed by atoms with Gasteiger partial charge in [0, 0.05) is 16.3 Å². The molecule has 4 heteroatoms. The van der Waals surface area contributed by atoms with Gasteiger partial charge in [0.05, 0.1) is 10.3 Å². The summed E-state index contributed by atoms with van der Waals surface area (Å²) in [5.74, 6) is 0. The van der Waals surface area contributed by atoms with Crippen LogP contribution in [0, 0.1) is 13.8 Å². The van der Waals surface area contributed by atoms with Gasteiger partial charge in [0.15, 0.2) is 0 Å². The number of nitrogens with zero attached hydrogens (tertiary/aromatic N) is 1. The van der Waals surface area contributed by atoms with Gasteiger partial charge in [-0.2, -0.15) is 0 Å². The number of aromatic nitrogens is 1. The zero-order valence-electron chi connectivity index (χ0n) is 8.75. The third-order valence-electron chi connectivity index (χ3n) is 2.31. The number of hydrogen-bond acceptors (Lipinski definition) is 2. The second-order valence-corrected chi connectivity index (χ2v) is 6.04. The first-order valence-electron chi connectivity index (χ1n) is 4.80. The van der Waals surface area contributed by atoms with Crippen molar-refractivity contribution in [3.63, 3.8) is 0 Å². The first kappa shape index (κ1) is 10.8. The van der Waals surface area contributed by atoms with Crippen LogP contribution in [-0.2, 0) is 6.54 Å². The summed E-state index contributed by atoms with van der Waals surface area (Å²) in [5.41, 5.74) is 5.88. The third kappa shape index (κ3) is 2.44. The van der Waals surface area contributed by atoms with E-state index in [0.717, 1.165) is 6.54 Å². The maximum Gasteiger partial charge on any atom is 0.0702 e. The van der Waals surface area contributed by atoms with Gasteiger partial charge < -0.3 is 5.43 Å². The van der Waals surface area contributed by atoms with Crippen LogP contribution in [0.25, 0.3) is 0 Å². The molecule has 0 amide bonds. The minimum Gasteiger partial charge on any atom is -0.321 e. The number of nitrogens with one attached hydrogen (secondary N) is 1. The van der Waals surface area contributed by atoms with Crippen molar-refractivity contribution in [2.24, 2.45) is 0 Å². The minimum absolute atomic E-state index is 0.868. The Kier molecular flexibility index (Phi) is 3.17. The van der Waals surface area contributed by atoms with Crippen molar-refractivity contribution in [2.75, 3.05) is 5.43 Å². The topological polar surface area (TPSA) is 17.0 Å². The SMILES string of the molecule is Cc1ccc(C)n1NCc1ccc(Br)s1. The first-order chi connectivity index (χ1) is 7.16. The molecule has 0 saturated carbocycles. The van der Waals surface area contributed by atoms with Crippen molar-refractivity contribution in [1.82, 2.24) is 4.68 Å². The van der Waals surface area contributed by atoms with E-state index in [9.17, 15) is 0 Å². The molecule has 0 spiro atoms. The summed E-state index contributed by atoms with van der Waals surface area (Å²) < 4.78 is 3.30. The molecule has 0 aliphatic rings. The number of rotatable bonds is 3. The molecule has 1 N–H and O–H groups in total. The molecule has 0 bridgehead atoms. The summed E-state index contributed by atoms with van der Waals surface area (Å²) in [5, 5.41) is 0. The molecule has 0 fully saturated rings. The summed E-state index contributed by atoms with van der Waals surface area (Å²) in [4.78, 5) is 1.33. The Balaban J connectivity index is 2.05. The van der Waals surface area contributed by atoms with Crippen molar-refractivity contribution in [2.45, 2.75) is 20.4 Å². The summed E-state index contributed by atoms with van der Waals surface area (Å²) >= 11 is 5.23. The van der Waals surface area contributed by atoms with Crippen LogP contribution >= 0.6 is 27.3 Å². The third-order valence-corrected chi connectivity index (χ3v) is 3.94. The standard InChI is InChI=1S/C11H13BrN2S/c1-8-3-4-9(2)14(8)13-7-10-5-6-11(12)15-10/h3-6,13H,7H2,1-2H3. The zero-order chi connectivity index (χ0) is 10.8. The van der Waals surface area contributed by atoms with Crippen LogP contribution in [0.3, 0.4) is 0 Å². The highest BCUT2D eigenvalue weighted by Crippen LogP contribution is 2.22. The van der Waals surface area contributed by atoms with E-state index in [0.29, 0.717) is 0 Å². The summed E-state index contributed by atoms with van der Waals surface area (Å²) in [7, 11) is 0. The monoisotopic (exact) mass is 284 g/mol. The quantitative estimate of drug-likeness (QED) is 0.910. The molecule has 2 aromatic rings. The second kappa shape index (κ2) is 4.41. The Labute approximate surface area is 102 Å². The van der Waals surface area contributed by atoms with Crippen LogP contribution in [0.15, 0.2) is 28.1 Å². The Morgan fingerprint density at radius 1 is 1.20 bits per heavy atom. The molecule has 2 aromatic heterocycles. The lowest BCUT2D eigenvalue weighted by atomic mass is 10.5. The highest BCUT2D eigenvalue weighted by atomic mass is 79.9. The van der Waals surface area contributed by atoms with Gasteiger partial charge in [0.25, 0.3) is 0 Å². The molecule has 2 nitrogen and oxygen atoms in total. The van der Waals surface area contributed by atoms with Crippen LogP contribution in [0.5, 0.6) is 0 Å². The van der Waals surface area contributed by atoms with Gasteiger partial charge in [-0.25, -0.2) is 0 Å². The second-order valence-electron chi connectivity index (χ2n) is 3.49. The lowest BCUT2D eigenvalue weighted by molar-refractivity contribution is 0.797. The van der Waals surface area contributed by atoms with Crippen molar-refractivity contribution in [3.05, 3.63) is 44.3 Å². The average molecular weight is 285 g/mol. The molecule has 0 aliphatic carbocycles. The van der Waals surface area contributed by atoms with Crippen molar-refractivity contribution < 1.29 is 0 Å². The van der Waals surface area contributed by atoms with E-state index >= 15 is 0 Å². The van der Waals surface area contributed by atoms with Crippen LogP contribution in [0.1, 0.15) is 16.3 Å². The minimum atomic E-state index is 0.868. The molecule has 15 heavy (non-hydrogen) atoms. The van der Waals surface area contributed by atoms with E-state index in [2.05, 4.69) is 64.1 Å². The molecular weight excluding hydrogens is 272 g/mol. The van der Waals surface area contributed by atoms with Gasteiger partial charge in [-0.05, 0) is 54.0 Å². The van der Waals surface area contributed by atoms with E-state index < -0.39 is 0 Å². The van der Waals surface area contributed by atoms with Gasteiger partial charge in [-0.3, -0.25) is 4.68 Å².